The molecule has 0 aliphatic carbocycles. The van der Waals surface area contributed by atoms with Crippen LogP contribution in [0.1, 0.15) is 31.7 Å². The summed E-state index contributed by atoms with van der Waals surface area (Å²) in [7, 11) is 1.99. The molecule has 0 saturated carbocycles. The van der Waals surface area contributed by atoms with Crippen LogP contribution in [0.25, 0.3) is 0 Å². The van der Waals surface area contributed by atoms with E-state index >= 15 is 0 Å². The Hall–Kier alpha value is -1.16. The van der Waals surface area contributed by atoms with Crippen LogP contribution in [-0.4, -0.2) is 30.1 Å². The number of anilines is 1. The molecule has 4 nitrogen and oxygen atoms in total. The van der Waals surface area contributed by atoms with Crippen molar-refractivity contribution >= 4 is 5.95 Å². The van der Waals surface area contributed by atoms with Crippen LogP contribution in [0.2, 0.25) is 0 Å². The van der Waals surface area contributed by atoms with Crippen molar-refractivity contribution in [2.45, 2.75) is 26.2 Å². The number of nitrogens with two attached hydrogens (primary N) is 1. The number of rotatable bonds is 5. The molecule has 1 heterocycles. The van der Waals surface area contributed by atoms with E-state index in [0.29, 0.717) is 12.5 Å². The van der Waals surface area contributed by atoms with Crippen LogP contribution in [-0.2, 0) is 0 Å². The summed E-state index contributed by atoms with van der Waals surface area (Å²) in [6.45, 7) is 5.87. The summed E-state index contributed by atoms with van der Waals surface area (Å²) < 4.78 is 0. The molecule has 1 aromatic heterocycles. The van der Waals surface area contributed by atoms with Crippen molar-refractivity contribution in [3.63, 3.8) is 0 Å². The van der Waals surface area contributed by atoms with E-state index < -0.39 is 0 Å². The first kappa shape index (κ1) is 11.9. The Morgan fingerprint density at radius 2 is 1.93 bits per heavy atom. The van der Waals surface area contributed by atoms with Crippen molar-refractivity contribution in [2.75, 3.05) is 25.0 Å². The van der Waals surface area contributed by atoms with Gasteiger partial charge in [0.1, 0.15) is 0 Å². The van der Waals surface area contributed by atoms with Gasteiger partial charge in [-0.3, -0.25) is 0 Å². The zero-order valence-electron chi connectivity index (χ0n) is 9.77. The molecule has 0 aromatic carbocycles. The molecule has 1 rings (SSSR count). The van der Waals surface area contributed by atoms with E-state index in [1.807, 2.05) is 24.3 Å². The summed E-state index contributed by atoms with van der Waals surface area (Å²) in [5.41, 5.74) is 6.62. The van der Waals surface area contributed by atoms with Crippen LogP contribution >= 0.6 is 0 Å². The molecule has 0 spiro atoms. The maximum atomic E-state index is 5.45. The smallest absolute Gasteiger partial charge is 0.224 e. The Morgan fingerprint density at radius 3 is 2.40 bits per heavy atom. The van der Waals surface area contributed by atoms with Gasteiger partial charge in [0.2, 0.25) is 5.95 Å². The third-order valence-electron chi connectivity index (χ3n) is 2.36. The number of nitrogens with zero attached hydrogens (tertiary/aromatic N) is 3. The molecule has 4 heteroatoms. The van der Waals surface area contributed by atoms with Crippen molar-refractivity contribution in [1.82, 2.24) is 9.97 Å². The molecule has 0 atom stereocenters. The highest BCUT2D eigenvalue weighted by molar-refractivity contribution is 5.28. The van der Waals surface area contributed by atoms with Gasteiger partial charge in [-0.25, -0.2) is 9.97 Å². The SMILES string of the molecule is CC(C)c1cnc(N(C)CCCN)nc1. The van der Waals surface area contributed by atoms with E-state index in [1.54, 1.807) is 0 Å². The molecule has 1 aromatic rings. The maximum absolute atomic E-state index is 5.45. The molecule has 0 aliphatic rings. The molecule has 84 valence electrons. The quantitative estimate of drug-likeness (QED) is 0.794. The standard InChI is InChI=1S/C11H20N4/c1-9(2)10-7-13-11(14-8-10)15(3)6-4-5-12/h7-9H,4-6,12H2,1-3H3. The molecule has 0 saturated heterocycles. The minimum Gasteiger partial charge on any atom is -0.344 e. The van der Waals surface area contributed by atoms with E-state index in [1.165, 1.54) is 5.56 Å². The molecule has 0 fully saturated rings. The van der Waals surface area contributed by atoms with E-state index in [4.69, 9.17) is 5.73 Å². The summed E-state index contributed by atoms with van der Waals surface area (Å²) in [6, 6.07) is 0. The van der Waals surface area contributed by atoms with E-state index in [0.717, 1.165) is 18.9 Å². The molecule has 15 heavy (non-hydrogen) atoms. The van der Waals surface area contributed by atoms with Crippen LogP contribution in [0.3, 0.4) is 0 Å². The monoisotopic (exact) mass is 208 g/mol. The van der Waals surface area contributed by atoms with Gasteiger partial charge in [0, 0.05) is 26.0 Å². The lowest BCUT2D eigenvalue weighted by Gasteiger charge is -2.16. The van der Waals surface area contributed by atoms with Crippen molar-refractivity contribution in [3.05, 3.63) is 18.0 Å². The fourth-order valence-corrected chi connectivity index (χ4v) is 1.25. The van der Waals surface area contributed by atoms with Crippen molar-refractivity contribution in [2.24, 2.45) is 5.73 Å². The van der Waals surface area contributed by atoms with Crippen molar-refractivity contribution in [1.29, 1.82) is 0 Å². The molecule has 0 bridgehead atoms. The average Bonchev–Trinajstić information content (AvgIpc) is 2.26. The third-order valence-corrected chi connectivity index (χ3v) is 2.36. The fourth-order valence-electron chi connectivity index (χ4n) is 1.25. The first-order chi connectivity index (χ1) is 7.15. The van der Waals surface area contributed by atoms with Crippen molar-refractivity contribution in [3.8, 4) is 0 Å². The molecule has 0 aliphatic heterocycles. The molecular formula is C11H20N4. The minimum absolute atomic E-state index is 0.480. The predicted molar refractivity (Wildman–Crippen MR) is 63.1 cm³/mol. The fraction of sp³-hybridized carbons (Fsp3) is 0.636. The summed E-state index contributed by atoms with van der Waals surface area (Å²) >= 11 is 0. The minimum atomic E-state index is 0.480. The first-order valence-electron chi connectivity index (χ1n) is 5.38. The Morgan fingerprint density at radius 1 is 1.33 bits per heavy atom. The molecule has 2 N–H and O–H groups in total. The second-order valence-corrected chi connectivity index (χ2v) is 4.03. The van der Waals surface area contributed by atoms with Gasteiger partial charge < -0.3 is 10.6 Å². The molecular weight excluding hydrogens is 188 g/mol. The average molecular weight is 208 g/mol. The number of aromatic nitrogens is 2. The summed E-state index contributed by atoms with van der Waals surface area (Å²) in [5, 5.41) is 0. The van der Waals surface area contributed by atoms with Crippen LogP contribution in [0, 0.1) is 0 Å². The number of hydrogen-bond acceptors (Lipinski definition) is 4. The second kappa shape index (κ2) is 5.66. The number of hydrogen-bond donors (Lipinski definition) is 1. The largest absolute Gasteiger partial charge is 0.344 e. The lowest BCUT2D eigenvalue weighted by atomic mass is 10.1. The van der Waals surface area contributed by atoms with Gasteiger partial charge in [-0.05, 0) is 24.4 Å². The zero-order chi connectivity index (χ0) is 11.3. The van der Waals surface area contributed by atoms with Crippen LogP contribution in [0.15, 0.2) is 12.4 Å². The second-order valence-electron chi connectivity index (χ2n) is 4.03. The van der Waals surface area contributed by atoms with Gasteiger partial charge in [0.05, 0.1) is 0 Å². The van der Waals surface area contributed by atoms with Gasteiger partial charge in [-0.2, -0.15) is 0 Å². The Balaban J connectivity index is 2.62. The Kier molecular flexibility index (Phi) is 4.49. The maximum Gasteiger partial charge on any atom is 0.224 e. The lowest BCUT2D eigenvalue weighted by Crippen LogP contribution is -2.23. The van der Waals surface area contributed by atoms with Gasteiger partial charge in [-0.1, -0.05) is 13.8 Å². The van der Waals surface area contributed by atoms with Crippen LogP contribution in [0.4, 0.5) is 5.95 Å². The van der Waals surface area contributed by atoms with Crippen LogP contribution < -0.4 is 10.6 Å². The van der Waals surface area contributed by atoms with E-state index in [-0.39, 0.29) is 0 Å². The lowest BCUT2D eigenvalue weighted by molar-refractivity contribution is 0.768. The Labute approximate surface area is 91.5 Å². The van der Waals surface area contributed by atoms with Crippen LogP contribution in [0.5, 0.6) is 0 Å². The van der Waals surface area contributed by atoms with Gasteiger partial charge in [0.25, 0.3) is 0 Å². The van der Waals surface area contributed by atoms with E-state index in [2.05, 4.69) is 23.8 Å². The zero-order valence-corrected chi connectivity index (χ0v) is 9.77. The molecule has 0 radical (unpaired) electrons. The highest BCUT2D eigenvalue weighted by atomic mass is 15.2. The Bertz CT molecular complexity index is 281. The topological polar surface area (TPSA) is 55.0 Å². The van der Waals surface area contributed by atoms with Gasteiger partial charge in [0.15, 0.2) is 0 Å². The molecule has 0 unspecified atom stereocenters. The molecule has 0 amide bonds. The summed E-state index contributed by atoms with van der Waals surface area (Å²) in [4.78, 5) is 10.7. The third kappa shape index (κ3) is 3.47. The van der Waals surface area contributed by atoms with Crippen molar-refractivity contribution < 1.29 is 0 Å². The first-order valence-corrected chi connectivity index (χ1v) is 5.38. The normalized spacial score (nSPS) is 10.7. The van der Waals surface area contributed by atoms with Gasteiger partial charge >= 0.3 is 0 Å². The highest BCUT2D eigenvalue weighted by Gasteiger charge is 2.04. The summed E-state index contributed by atoms with van der Waals surface area (Å²) in [6.07, 6.45) is 4.75. The predicted octanol–water partition coefficient (Wildman–Crippen LogP) is 1.39. The van der Waals surface area contributed by atoms with Gasteiger partial charge in [-0.15, -0.1) is 0 Å². The van der Waals surface area contributed by atoms with E-state index in [9.17, 15) is 0 Å². The summed E-state index contributed by atoms with van der Waals surface area (Å²) in [5.74, 6) is 1.25. The highest BCUT2D eigenvalue weighted by Crippen LogP contribution is 2.13.